The smallest absolute Gasteiger partial charge is 0.306 e. The minimum atomic E-state index is -1.92. The molecule has 5 atom stereocenters. The van der Waals surface area contributed by atoms with Crippen LogP contribution in [0.4, 0.5) is 0 Å². The van der Waals surface area contributed by atoms with Crippen LogP contribution in [-0.2, 0) is 14.4 Å². The summed E-state index contributed by atoms with van der Waals surface area (Å²) in [6, 6.07) is 0. The minimum Gasteiger partial charge on any atom is -0.481 e. The Morgan fingerprint density at radius 2 is 1.54 bits per heavy atom. The summed E-state index contributed by atoms with van der Waals surface area (Å²) in [6.07, 6.45) is -1.91. The Labute approximate surface area is 142 Å². The van der Waals surface area contributed by atoms with Crippen LogP contribution in [0.5, 0.6) is 0 Å². The number of hydrogen-bond donors (Lipinski definition) is 4. The number of unbranched alkanes of at least 4 members (excludes halogenated alkanes) is 3. The Hall–Kier alpha value is -1.31. The van der Waals surface area contributed by atoms with Gasteiger partial charge in [-0.1, -0.05) is 39.5 Å². The van der Waals surface area contributed by atoms with E-state index in [9.17, 15) is 34.8 Å². The lowest BCUT2D eigenvalue weighted by molar-refractivity contribution is -0.150. The molecular formula is C17H30O7. The highest BCUT2D eigenvalue weighted by atomic mass is 16.4. The molecule has 0 aliphatic carbocycles. The SMILES string of the molecule is CCCCCC[C@H](CC(=O)[C@@H](O)[C@H](O)[C@H](O)[C@@H](C)C(C)=O)C(=O)O. The Kier molecular flexibility index (Phi) is 10.7. The molecule has 0 aliphatic heterocycles. The molecule has 0 unspecified atom stereocenters. The predicted molar refractivity (Wildman–Crippen MR) is 87.4 cm³/mol. The zero-order valence-electron chi connectivity index (χ0n) is 14.6. The topological polar surface area (TPSA) is 132 Å². The Bertz CT molecular complexity index is 421. The highest BCUT2D eigenvalue weighted by Crippen LogP contribution is 2.19. The first-order chi connectivity index (χ1) is 11.1. The highest BCUT2D eigenvalue weighted by Gasteiger charge is 2.36. The van der Waals surface area contributed by atoms with E-state index in [1.165, 1.54) is 13.8 Å². The van der Waals surface area contributed by atoms with Crippen LogP contribution in [0.25, 0.3) is 0 Å². The van der Waals surface area contributed by atoms with Gasteiger partial charge in [0.1, 0.15) is 18.0 Å². The average molecular weight is 346 g/mol. The van der Waals surface area contributed by atoms with Crippen LogP contribution < -0.4 is 0 Å². The fourth-order valence-corrected chi connectivity index (χ4v) is 2.41. The van der Waals surface area contributed by atoms with Crippen molar-refractivity contribution < 1.29 is 34.8 Å². The van der Waals surface area contributed by atoms with Gasteiger partial charge >= 0.3 is 5.97 Å². The predicted octanol–water partition coefficient (Wildman–Crippen LogP) is 0.925. The molecule has 0 saturated heterocycles. The Morgan fingerprint density at radius 3 is 2.00 bits per heavy atom. The van der Waals surface area contributed by atoms with Gasteiger partial charge in [0.25, 0.3) is 0 Å². The van der Waals surface area contributed by atoms with Crippen molar-refractivity contribution in [3.05, 3.63) is 0 Å². The molecule has 7 heteroatoms. The first-order valence-corrected chi connectivity index (χ1v) is 8.43. The van der Waals surface area contributed by atoms with Crippen LogP contribution in [0.3, 0.4) is 0 Å². The largest absolute Gasteiger partial charge is 0.481 e. The maximum Gasteiger partial charge on any atom is 0.306 e. The van der Waals surface area contributed by atoms with Gasteiger partial charge in [-0.05, 0) is 13.3 Å². The number of Topliss-reactive ketones (excluding diaryl/α,β-unsaturated/α-hetero) is 2. The van der Waals surface area contributed by atoms with Gasteiger partial charge in [-0.15, -0.1) is 0 Å². The third kappa shape index (κ3) is 7.51. The molecule has 0 heterocycles. The number of hydrogen-bond acceptors (Lipinski definition) is 6. The third-order valence-corrected chi connectivity index (χ3v) is 4.36. The monoisotopic (exact) mass is 346 g/mol. The molecule has 0 fully saturated rings. The van der Waals surface area contributed by atoms with Crippen LogP contribution in [0, 0.1) is 11.8 Å². The molecule has 24 heavy (non-hydrogen) atoms. The van der Waals surface area contributed by atoms with E-state index < -0.39 is 48.3 Å². The highest BCUT2D eigenvalue weighted by molar-refractivity contribution is 5.87. The second-order valence-corrected chi connectivity index (χ2v) is 6.38. The standard InChI is InChI=1S/C17H30O7/c1-4-5-6-7-8-12(17(23)24)9-13(19)15(21)16(22)14(20)10(2)11(3)18/h10,12,14-16,20-22H,4-9H2,1-3H3,(H,23,24)/t10-,12+,14+,15+,16+/m0/s1. The number of carboxylic acids is 1. The first-order valence-electron chi connectivity index (χ1n) is 8.43. The van der Waals surface area contributed by atoms with Gasteiger partial charge in [0.05, 0.1) is 12.0 Å². The molecule has 0 amide bonds. The number of aliphatic carboxylic acids is 1. The van der Waals surface area contributed by atoms with E-state index in [1.807, 2.05) is 6.92 Å². The quantitative estimate of drug-likeness (QED) is 0.365. The number of aliphatic hydroxyl groups is 3. The first kappa shape index (κ1) is 22.7. The van der Waals surface area contributed by atoms with Crippen molar-refractivity contribution in [3.8, 4) is 0 Å². The van der Waals surface area contributed by atoms with E-state index in [0.29, 0.717) is 12.8 Å². The maximum atomic E-state index is 12.0. The Balaban J connectivity index is 4.67. The van der Waals surface area contributed by atoms with E-state index >= 15 is 0 Å². The van der Waals surface area contributed by atoms with Crippen LogP contribution >= 0.6 is 0 Å². The van der Waals surface area contributed by atoms with E-state index in [1.54, 1.807) is 0 Å². The number of ketones is 2. The lowest BCUT2D eigenvalue weighted by Crippen LogP contribution is -2.47. The molecular weight excluding hydrogens is 316 g/mol. The number of rotatable bonds is 13. The zero-order valence-corrected chi connectivity index (χ0v) is 14.6. The molecule has 4 N–H and O–H groups in total. The van der Waals surface area contributed by atoms with Gasteiger partial charge in [0, 0.05) is 12.3 Å². The lowest BCUT2D eigenvalue weighted by atomic mass is 9.88. The molecule has 0 rings (SSSR count). The average Bonchev–Trinajstić information content (AvgIpc) is 2.54. The van der Waals surface area contributed by atoms with E-state index in [0.717, 1.165) is 19.3 Å². The molecule has 0 aromatic rings. The van der Waals surface area contributed by atoms with Crippen molar-refractivity contribution in [1.82, 2.24) is 0 Å². The molecule has 0 aromatic carbocycles. The number of carboxylic acid groups (broad SMARTS) is 1. The van der Waals surface area contributed by atoms with Gasteiger partial charge in [-0.25, -0.2) is 0 Å². The van der Waals surface area contributed by atoms with Crippen molar-refractivity contribution >= 4 is 17.5 Å². The fourth-order valence-electron chi connectivity index (χ4n) is 2.41. The van der Waals surface area contributed by atoms with Gasteiger partial charge in [0.2, 0.25) is 0 Å². The second kappa shape index (κ2) is 11.3. The molecule has 0 radical (unpaired) electrons. The lowest BCUT2D eigenvalue weighted by Gasteiger charge is -2.26. The summed E-state index contributed by atoms with van der Waals surface area (Å²) in [4.78, 5) is 34.5. The summed E-state index contributed by atoms with van der Waals surface area (Å²) < 4.78 is 0. The summed E-state index contributed by atoms with van der Waals surface area (Å²) in [6.45, 7) is 4.63. The van der Waals surface area contributed by atoms with Gasteiger partial charge < -0.3 is 20.4 Å². The van der Waals surface area contributed by atoms with Gasteiger partial charge in [-0.2, -0.15) is 0 Å². The number of carbonyl (C=O) groups excluding carboxylic acids is 2. The van der Waals surface area contributed by atoms with Crippen molar-refractivity contribution in [2.24, 2.45) is 11.8 Å². The third-order valence-electron chi connectivity index (χ3n) is 4.36. The fraction of sp³-hybridized carbons (Fsp3) is 0.824. The van der Waals surface area contributed by atoms with Crippen molar-refractivity contribution in [3.63, 3.8) is 0 Å². The summed E-state index contributed by atoms with van der Waals surface area (Å²) in [5, 5.41) is 38.7. The summed E-state index contributed by atoms with van der Waals surface area (Å²) in [5.74, 6) is -4.23. The van der Waals surface area contributed by atoms with Crippen LogP contribution in [0.15, 0.2) is 0 Å². The normalized spacial score (nSPS) is 17.6. The molecule has 7 nitrogen and oxygen atoms in total. The van der Waals surface area contributed by atoms with Crippen LogP contribution in [-0.4, -0.2) is 56.3 Å². The molecule has 0 spiro atoms. The molecule has 140 valence electrons. The molecule has 0 aliphatic rings. The van der Waals surface area contributed by atoms with E-state index in [-0.39, 0.29) is 5.78 Å². The number of aliphatic hydroxyl groups excluding tert-OH is 3. The minimum absolute atomic E-state index is 0.316. The van der Waals surface area contributed by atoms with Gasteiger partial charge in [0.15, 0.2) is 5.78 Å². The summed E-state index contributed by atoms with van der Waals surface area (Å²) >= 11 is 0. The maximum absolute atomic E-state index is 12.0. The van der Waals surface area contributed by atoms with Crippen LogP contribution in [0.2, 0.25) is 0 Å². The Morgan fingerprint density at radius 1 is 0.958 bits per heavy atom. The summed E-state index contributed by atoms with van der Waals surface area (Å²) in [7, 11) is 0. The molecule has 0 aromatic heterocycles. The zero-order chi connectivity index (χ0) is 18.9. The molecule has 0 bridgehead atoms. The summed E-state index contributed by atoms with van der Waals surface area (Å²) in [5.41, 5.74) is 0. The second-order valence-electron chi connectivity index (χ2n) is 6.38. The van der Waals surface area contributed by atoms with E-state index in [4.69, 9.17) is 0 Å². The number of carbonyl (C=O) groups is 3. The van der Waals surface area contributed by atoms with Crippen molar-refractivity contribution in [2.75, 3.05) is 0 Å². The van der Waals surface area contributed by atoms with Crippen molar-refractivity contribution in [1.29, 1.82) is 0 Å². The van der Waals surface area contributed by atoms with Crippen molar-refractivity contribution in [2.45, 2.75) is 77.6 Å². The van der Waals surface area contributed by atoms with Gasteiger partial charge in [-0.3, -0.25) is 14.4 Å². The molecule has 0 saturated carbocycles. The van der Waals surface area contributed by atoms with E-state index in [2.05, 4.69) is 0 Å². The van der Waals surface area contributed by atoms with Crippen LogP contribution in [0.1, 0.15) is 59.3 Å².